The minimum absolute atomic E-state index is 0.0699. The summed E-state index contributed by atoms with van der Waals surface area (Å²) >= 11 is 0. The van der Waals surface area contributed by atoms with Crippen molar-refractivity contribution in [1.29, 1.82) is 0 Å². The molecule has 0 aliphatic rings. The molecule has 0 fully saturated rings. The fourth-order valence-electron chi connectivity index (χ4n) is 2.42. The van der Waals surface area contributed by atoms with E-state index in [2.05, 4.69) is 0 Å². The number of benzene rings is 1. The van der Waals surface area contributed by atoms with E-state index >= 15 is 0 Å². The molecule has 9 nitrogen and oxygen atoms in total. The molecule has 184 valence electrons. The van der Waals surface area contributed by atoms with E-state index < -0.39 is 35.5 Å². The molecule has 0 spiro atoms. The van der Waals surface area contributed by atoms with Gasteiger partial charge in [0.15, 0.2) is 11.5 Å². The third kappa shape index (κ3) is 9.21. The van der Waals surface area contributed by atoms with E-state index in [-0.39, 0.29) is 43.3 Å². The van der Waals surface area contributed by atoms with Gasteiger partial charge >= 0.3 is 23.9 Å². The SMILES string of the molecule is CCC(=O)Oc1ccc(C[C@H](N)C(=O)O[C@@H](C)COC(=O)C(C)(C)CC)cc1OC(=O)CC. The van der Waals surface area contributed by atoms with Crippen molar-refractivity contribution in [3.05, 3.63) is 23.8 Å². The number of rotatable bonds is 12. The number of nitrogens with two attached hydrogens (primary N) is 1. The van der Waals surface area contributed by atoms with Crippen LogP contribution in [0.5, 0.6) is 11.5 Å². The Morgan fingerprint density at radius 2 is 1.55 bits per heavy atom. The van der Waals surface area contributed by atoms with Gasteiger partial charge < -0.3 is 24.7 Å². The first kappa shape index (κ1) is 28.1. The summed E-state index contributed by atoms with van der Waals surface area (Å²) in [4.78, 5) is 47.8. The van der Waals surface area contributed by atoms with E-state index in [9.17, 15) is 19.2 Å². The van der Waals surface area contributed by atoms with E-state index in [0.717, 1.165) is 0 Å². The lowest BCUT2D eigenvalue weighted by atomic mass is 9.91. The van der Waals surface area contributed by atoms with E-state index in [1.54, 1.807) is 40.7 Å². The van der Waals surface area contributed by atoms with Crippen LogP contribution in [0.1, 0.15) is 66.4 Å². The first-order valence-corrected chi connectivity index (χ1v) is 11.1. The molecule has 0 aliphatic carbocycles. The van der Waals surface area contributed by atoms with Crippen molar-refractivity contribution >= 4 is 23.9 Å². The first-order valence-electron chi connectivity index (χ1n) is 11.1. The highest BCUT2D eigenvalue weighted by atomic mass is 16.6. The Hall–Kier alpha value is -2.94. The Labute approximate surface area is 194 Å². The zero-order chi connectivity index (χ0) is 25.2. The maximum absolute atomic E-state index is 12.4. The van der Waals surface area contributed by atoms with Crippen LogP contribution >= 0.6 is 0 Å². The van der Waals surface area contributed by atoms with Crippen LogP contribution in [0.4, 0.5) is 0 Å². The predicted octanol–water partition coefficient (Wildman–Crippen LogP) is 3.10. The summed E-state index contributed by atoms with van der Waals surface area (Å²) in [5, 5.41) is 0. The number of esters is 4. The molecule has 0 aliphatic heterocycles. The standard InChI is InChI=1S/C24H35NO8/c1-7-20(26)32-18-11-10-16(13-19(18)33-21(27)8-2)12-17(25)22(28)31-15(4)14-30-23(29)24(5,6)9-3/h10-11,13,15,17H,7-9,12,14,25H2,1-6H3/t15-,17-/m0/s1. The first-order chi connectivity index (χ1) is 15.4. The fraction of sp³-hybridized carbons (Fsp3) is 0.583. The van der Waals surface area contributed by atoms with Crippen LogP contribution in [0.25, 0.3) is 0 Å². The van der Waals surface area contributed by atoms with Crippen molar-refractivity contribution in [2.75, 3.05) is 6.61 Å². The van der Waals surface area contributed by atoms with Crippen LogP contribution in [-0.4, -0.2) is 42.6 Å². The Kier molecular flexibility index (Phi) is 11.0. The molecule has 0 saturated heterocycles. The van der Waals surface area contributed by atoms with Gasteiger partial charge in [0.25, 0.3) is 0 Å². The number of hydrogen-bond acceptors (Lipinski definition) is 9. The Bertz CT molecular complexity index is 849. The molecular weight excluding hydrogens is 430 g/mol. The molecule has 0 amide bonds. The highest BCUT2D eigenvalue weighted by Gasteiger charge is 2.28. The molecule has 0 bridgehead atoms. The Morgan fingerprint density at radius 1 is 0.970 bits per heavy atom. The topological polar surface area (TPSA) is 131 Å². The maximum Gasteiger partial charge on any atom is 0.323 e. The smallest absolute Gasteiger partial charge is 0.323 e. The van der Waals surface area contributed by atoms with E-state index in [4.69, 9.17) is 24.7 Å². The average molecular weight is 466 g/mol. The van der Waals surface area contributed by atoms with Crippen LogP contribution in [0.15, 0.2) is 18.2 Å². The van der Waals surface area contributed by atoms with Gasteiger partial charge in [-0.2, -0.15) is 0 Å². The van der Waals surface area contributed by atoms with Gasteiger partial charge in [0.1, 0.15) is 18.8 Å². The summed E-state index contributed by atoms with van der Waals surface area (Å²) < 4.78 is 21.0. The maximum atomic E-state index is 12.4. The molecule has 1 aromatic rings. The molecule has 0 unspecified atom stereocenters. The minimum Gasteiger partial charge on any atom is -0.461 e. The largest absolute Gasteiger partial charge is 0.461 e. The lowest BCUT2D eigenvalue weighted by molar-refractivity contribution is -0.164. The zero-order valence-corrected chi connectivity index (χ0v) is 20.3. The number of carbonyl (C=O) groups is 4. The molecule has 33 heavy (non-hydrogen) atoms. The van der Waals surface area contributed by atoms with Gasteiger partial charge in [0.05, 0.1) is 5.41 Å². The van der Waals surface area contributed by atoms with E-state index in [0.29, 0.717) is 12.0 Å². The Morgan fingerprint density at radius 3 is 2.09 bits per heavy atom. The molecule has 1 aromatic carbocycles. The highest BCUT2D eigenvalue weighted by molar-refractivity contribution is 5.78. The summed E-state index contributed by atoms with van der Waals surface area (Å²) in [6.07, 6.45) is 0.333. The lowest BCUT2D eigenvalue weighted by Gasteiger charge is -2.22. The molecule has 9 heteroatoms. The van der Waals surface area contributed by atoms with Gasteiger partial charge in [-0.1, -0.05) is 26.8 Å². The van der Waals surface area contributed by atoms with Crippen LogP contribution in [0.3, 0.4) is 0 Å². The van der Waals surface area contributed by atoms with Gasteiger partial charge in [-0.05, 0) is 51.3 Å². The minimum atomic E-state index is -1.01. The fourth-order valence-corrected chi connectivity index (χ4v) is 2.42. The van der Waals surface area contributed by atoms with Crippen LogP contribution in [0, 0.1) is 5.41 Å². The van der Waals surface area contributed by atoms with E-state index in [1.165, 1.54) is 12.1 Å². The van der Waals surface area contributed by atoms with Gasteiger partial charge in [-0.15, -0.1) is 0 Å². The third-order valence-corrected chi connectivity index (χ3v) is 4.99. The highest BCUT2D eigenvalue weighted by Crippen LogP contribution is 2.30. The molecule has 2 atom stereocenters. The van der Waals surface area contributed by atoms with Gasteiger partial charge in [-0.3, -0.25) is 19.2 Å². The molecule has 1 rings (SSSR count). The third-order valence-electron chi connectivity index (χ3n) is 4.99. The molecule has 0 aromatic heterocycles. The summed E-state index contributed by atoms with van der Waals surface area (Å²) in [5.74, 6) is -1.83. The summed E-state index contributed by atoms with van der Waals surface area (Å²) in [6, 6.07) is 3.59. The van der Waals surface area contributed by atoms with Crippen LogP contribution in [0.2, 0.25) is 0 Å². The second kappa shape index (κ2) is 12.9. The van der Waals surface area contributed by atoms with Crippen molar-refractivity contribution in [3.63, 3.8) is 0 Å². The number of ether oxygens (including phenoxy) is 4. The second-order valence-corrected chi connectivity index (χ2v) is 8.33. The number of hydrogen-bond donors (Lipinski definition) is 1. The number of carbonyl (C=O) groups excluding carboxylic acids is 4. The van der Waals surface area contributed by atoms with Crippen molar-refractivity contribution in [2.24, 2.45) is 11.1 Å². The van der Waals surface area contributed by atoms with Gasteiger partial charge in [-0.25, -0.2) is 0 Å². The van der Waals surface area contributed by atoms with E-state index in [1.807, 2.05) is 6.92 Å². The summed E-state index contributed by atoms with van der Waals surface area (Å²) in [6.45, 7) is 10.3. The summed E-state index contributed by atoms with van der Waals surface area (Å²) in [7, 11) is 0. The molecule has 0 saturated carbocycles. The van der Waals surface area contributed by atoms with Crippen molar-refractivity contribution in [3.8, 4) is 11.5 Å². The monoisotopic (exact) mass is 465 g/mol. The van der Waals surface area contributed by atoms with Crippen molar-refractivity contribution in [1.82, 2.24) is 0 Å². The second-order valence-electron chi connectivity index (χ2n) is 8.33. The molecule has 0 radical (unpaired) electrons. The van der Waals surface area contributed by atoms with Gasteiger partial charge in [0.2, 0.25) is 0 Å². The average Bonchev–Trinajstić information content (AvgIpc) is 2.78. The lowest BCUT2D eigenvalue weighted by Crippen LogP contribution is -2.38. The molecule has 2 N–H and O–H groups in total. The summed E-state index contributed by atoms with van der Waals surface area (Å²) in [5.41, 5.74) is 5.95. The predicted molar refractivity (Wildman–Crippen MR) is 121 cm³/mol. The molecular formula is C24H35NO8. The van der Waals surface area contributed by atoms with Gasteiger partial charge in [0, 0.05) is 12.8 Å². The molecule has 0 heterocycles. The van der Waals surface area contributed by atoms with Crippen LogP contribution < -0.4 is 15.2 Å². The quantitative estimate of drug-likeness (QED) is 0.365. The normalized spacial score (nSPS) is 12.9. The Balaban J connectivity index is 2.78. The van der Waals surface area contributed by atoms with Crippen molar-refractivity contribution < 1.29 is 38.1 Å². The van der Waals surface area contributed by atoms with Crippen molar-refractivity contribution in [2.45, 2.75) is 79.4 Å². The zero-order valence-electron chi connectivity index (χ0n) is 20.3. The van der Waals surface area contributed by atoms with Crippen LogP contribution in [-0.2, 0) is 35.1 Å².